The summed E-state index contributed by atoms with van der Waals surface area (Å²) in [4.78, 5) is 28.2. The maximum absolute atomic E-state index is 13.7. The quantitative estimate of drug-likeness (QED) is 0.269. The second kappa shape index (κ2) is 13.5. The van der Waals surface area contributed by atoms with Crippen LogP contribution in [-0.4, -0.2) is 50.5 Å². The Balaban J connectivity index is 2.47. The lowest BCUT2D eigenvalue weighted by molar-refractivity contribution is -0.140. The Morgan fingerprint density at radius 3 is 2.28 bits per heavy atom. The molecule has 36 heavy (non-hydrogen) atoms. The number of unbranched alkanes of at least 4 members (excludes halogenated alkanes) is 1. The summed E-state index contributed by atoms with van der Waals surface area (Å²) in [6, 6.07) is 9.42. The zero-order valence-corrected chi connectivity index (χ0v) is 23.9. The van der Waals surface area contributed by atoms with Crippen LogP contribution in [0.3, 0.4) is 0 Å². The van der Waals surface area contributed by atoms with Gasteiger partial charge in [0.05, 0.1) is 27.0 Å². The number of hydrogen-bond donors (Lipinski definition) is 1. The number of amides is 2. The van der Waals surface area contributed by atoms with E-state index in [1.807, 2.05) is 45.0 Å². The smallest absolute Gasteiger partial charge is 0.244 e. The Morgan fingerprint density at radius 1 is 1.03 bits per heavy atom. The van der Waals surface area contributed by atoms with Gasteiger partial charge in [-0.05, 0) is 37.5 Å². The first-order valence-corrected chi connectivity index (χ1v) is 14.6. The topological polar surface area (TPSA) is 86.8 Å². The minimum absolute atomic E-state index is 0.0252. The van der Waals surface area contributed by atoms with Crippen molar-refractivity contribution >= 4 is 62.3 Å². The van der Waals surface area contributed by atoms with Crippen molar-refractivity contribution < 1.29 is 18.0 Å². The van der Waals surface area contributed by atoms with E-state index in [0.29, 0.717) is 13.0 Å². The third-order valence-electron chi connectivity index (χ3n) is 5.59. The van der Waals surface area contributed by atoms with E-state index < -0.39 is 28.5 Å². The molecule has 0 aromatic heterocycles. The monoisotopic (exact) mass is 575 g/mol. The summed E-state index contributed by atoms with van der Waals surface area (Å²) in [5.41, 5.74) is 1.85. The highest BCUT2D eigenvalue weighted by atomic mass is 35.5. The van der Waals surface area contributed by atoms with Crippen LogP contribution in [0.4, 0.5) is 5.69 Å². The van der Waals surface area contributed by atoms with E-state index in [1.54, 1.807) is 0 Å². The van der Waals surface area contributed by atoms with E-state index in [9.17, 15) is 18.0 Å². The first-order chi connectivity index (χ1) is 16.9. The van der Waals surface area contributed by atoms with Gasteiger partial charge < -0.3 is 10.2 Å². The van der Waals surface area contributed by atoms with Gasteiger partial charge in [-0.15, -0.1) is 0 Å². The second-order valence-corrected chi connectivity index (χ2v) is 11.7. The lowest BCUT2D eigenvalue weighted by atomic mass is 10.1. The van der Waals surface area contributed by atoms with E-state index >= 15 is 0 Å². The maximum Gasteiger partial charge on any atom is 0.244 e. The number of hydrogen-bond acceptors (Lipinski definition) is 4. The van der Waals surface area contributed by atoms with E-state index in [1.165, 1.54) is 17.0 Å². The van der Waals surface area contributed by atoms with Gasteiger partial charge in [0.25, 0.3) is 0 Å². The summed E-state index contributed by atoms with van der Waals surface area (Å²) in [7, 11) is -3.95. The molecule has 2 aromatic rings. The molecule has 0 radical (unpaired) electrons. The standard InChI is InChI=1S/C25H32Cl3N3O4S/c1-5-7-11-29-25(33)22(6-2)30(15-18-10-8-9-17(3)12-18)24(32)16-31(36(4,34)35)23-14-20(27)19(26)13-21(23)28/h8-10,12-14,22H,5-7,11,15-16H2,1-4H3,(H,29,33). The fourth-order valence-corrected chi connectivity index (χ4v) is 5.28. The molecule has 2 amide bonds. The zero-order valence-electron chi connectivity index (χ0n) is 20.9. The Hall–Kier alpha value is -2.00. The van der Waals surface area contributed by atoms with Gasteiger partial charge in [-0.3, -0.25) is 13.9 Å². The molecule has 0 spiro atoms. The van der Waals surface area contributed by atoms with Gasteiger partial charge in [0.15, 0.2) is 0 Å². The normalized spacial score (nSPS) is 12.2. The van der Waals surface area contributed by atoms with Crippen LogP contribution in [0.2, 0.25) is 15.1 Å². The van der Waals surface area contributed by atoms with Gasteiger partial charge in [-0.25, -0.2) is 8.42 Å². The first kappa shape index (κ1) is 30.2. The van der Waals surface area contributed by atoms with Crippen LogP contribution < -0.4 is 9.62 Å². The fourth-order valence-electron chi connectivity index (χ4n) is 3.73. The van der Waals surface area contributed by atoms with Gasteiger partial charge in [0.1, 0.15) is 12.6 Å². The molecule has 1 unspecified atom stereocenters. The van der Waals surface area contributed by atoms with Crippen LogP contribution in [-0.2, 0) is 26.2 Å². The fraction of sp³-hybridized carbons (Fsp3) is 0.440. The highest BCUT2D eigenvalue weighted by Gasteiger charge is 2.32. The summed E-state index contributed by atoms with van der Waals surface area (Å²) in [5, 5.41) is 3.16. The van der Waals surface area contributed by atoms with Crippen molar-refractivity contribution in [2.45, 2.75) is 52.6 Å². The number of halogens is 3. The molecule has 11 heteroatoms. The van der Waals surface area contributed by atoms with E-state index in [4.69, 9.17) is 34.8 Å². The summed E-state index contributed by atoms with van der Waals surface area (Å²) in [6.45, 7) is 5.82. The first-order valence-electron chi connectivity index (χ1n) is 11.6. The summed E-state index contributed by atoms with van der Waals surface area (Å²) >= 11 is 18.4. The molecule has 7 nitrogen and oxygen atoms in total. The molecule has 1 atom stereocenters. The van der Waals surface area contributed by atoms with Crippen LogP contribution in [0, 0.1) is 6.92 Å². The van der Waals surface area contributed by atoms with Gasteiger partial charge >= 0.3 is 0 Å². The molecule has 2 rings (SSSR count). The molecule has 0 aliphatic rings. The highest BCUT2D eigenvalue weighted by Crippen LogP contribution is 2.35. The van der Waals surface area contributed by atoms with Gasteiger partial charge in [-0.2, -0.15) is 0 Å². The highest BCUT2D eigenvalue weighted by molar-refractivity contribution is 7.92. The minimum atomic E-state index is -3.95. The molecule has 0 saturated carbocycles. The largest absolute Gasteiger partial charge is 0.354 e. The van der Waals surface area contributed by atoms with Crippen molar-refractivity contribution in [3.8, 4) is 0 Å². The van der Waals surface area contributed by atoms with Crippen molar-refractivity contribution in [2.24, 2.45) is 0 Å². The lowest BCUT2D eigenvalue weighted by Crippen LogP contribution is -2.52. The maximum atomic E-state index is 13.7. The number of nitrogens with one attached hydrogen (secondary N) is 1. The van der Waals surface area contributed by atoms with Crippen LogP contribution in [0.25, 0.3) is 0 Å². The average molecular weight is 577 g/mol. The number of rotatable bonds is 12. The van der Waals surface area contributed by atoms with Crippen LogP contribution in [0.1, 0.15) is 44.2 Å². The summed E-state index contributed by atoms with van der Waals surface area (Å²) in [6.07, 6.45) is 3.04. The van der Waals surface area contributed by atoms with Crippen molar-refractivity contribution in [3.63, 3.8) is 0 Å². The Labute approximate surface area is 228 Å². The number of aryl methyl sites for hydroxylation is 1. The van der Waals surface area contributed by atoms with Crippen molar-refractivity contribution in [2.75, 3.05) is 23.7 Å². The second-order valence-electron chi connectivity index (χ2n) is 8.57. The third kappa shape index (κ3) is 8.26. The van der Waals surface area contributed by atoms with E-state index in [2.05, 4.69) is 5.32 Å². The van der Waals surface area contributed by atoms with Gasteiger partial charge in [0.2, 0.25) is 21.8 Å². The Kier molecular flexibility index (Phi) is 11.3. The molecule has 0 saturated heterocycles. The molecule has 0 bridgehead atoms. The molecular formula is C25H32Cl3N3O4S. The predicted octanol–water partition coefficient (Wildman–Crippen LogP) is 5.44. The Morgan fingerprint density at radius 2 is 1.69 bits per heavy atom. The van der Waals surface area contributed by atoms with Crippen molar-refractivity contribution in [3.05, 3.63) is 62.6 Å². The molecule has 0 aliphatic carbocycles. The summed E-state index contributed by atoms with van der Waals surface area (Å²) in [5.74, 6) is -0.841. The third-order valence-corrected chi connectivity index (χ3v) is 7.74. The number of carbonyl (C=O) groups is 2. The van der Waals surface area contributed by atoms with Gasteiger partial charge in [0, 0.05) is 13.1 Å². The molecule has 0 aliphatic heterocycles. The SMILES string of the molecule is CCCCNC(=O)C(CC)N(Cc1cccc(C)c1)C(=O)CN(c1cc(Cl)c(Cl)cc1Cl)S(C)(=O)=O. The molecule has 1 N–H and O–H groups in total. The number of benzene rings is 2. The molecule has 0 heterocycles. The van der Waals surface area contributed by atoms with Crippen molar-refractivity contribution in [1.29, 1.82) is 0 Å². The zero-order chi connectivity index (χ0) is 27.0. The molecule has 0 fully saturated rings. The van der Waals surface area contributed by atoms with Crippen LogP contribution in [0.15, 0.2) is 36.4 Å². The van der Waals surface area contributed by atoms with E-state index in [-0.39, 0.29) is 33.2 Å². The number of sulfonamides is 1. The summed E-state index contributed by atoms with van der Waals surface area (Å²) < 4.78 is 26.3. The van der Waals surface area contributed by atoms with Crippen LogP contribution >= 0.6 is 34.8 Å². The lowest BCUT2D eigenvalue weighted by Gasteiger charge is -2.33. The number of nitrogens with zero attached hydrogens (tertiary/aromatic N) is 2. The van der Waals surface area contributed by atoms with Gasteiger partial charge in [-0.1, -0.05) is 84.9 Å². The number of anilines is 1. The predicted molar refractivity (Wildman–Crippen MR) is 147 cm³/mol. The average Bonchev–Trinajstić information content (AvgIpc) is 2.79. The minimum Gasteiger partial charge on any atom is -0.354 e. The number of carbonyl (C=O) groups excluding carboxylic acids is 2. The van der Waals surface area contributed by atoms with Crippen LogP contribution in [0.5, 0.6) is 0 Å². The molecule has 2 aromatic carbocycles. The Bertz CT molecular complexity index is 1190. The van der Waals surface area contributed by atoms with Crippen molar-refractivity contribution in [1.82, 2.24) is 10.2 Å². The molecule has 198 valence electrons. The van der Waals surface area contributed by atoms with E-state index in [0.717, 1.165) is 34.5 Å². The molecular weight excluding hydrogens is 545 g/mol.